The second kappa shape index (κ2) is 9.76. The summed E-state index contributed by atoms with van der Waals surface area (Å²) in [6, 6.07) is 7.52. The van der Waals surface area contributed by atoms with E-state index in [9.17, 15) is 14.0 Å². The molecular weight excluding hydrogens is 480 g/mol. The van der Waals surface area contributed by atoms with E-state index in [1.165, 1.54) is 21.6 Å². The number of aromatic nitrogens is 2. The van der Waals surface area contributed by atoms with Gasteiger partial charge in [0.2, 0.25) is 0 Å². The van der Waals surface area contributed by atoms with Crippen molar-refractivity contribution in [1.29, 1.82) is 0 Å². The van der Waals surface area contributed by atoms with E-state index in [0.29, 0.717) is 22.2 Å². The maximum Gasteiger partial charge on any atom is 0.419 e. The summed E-state index contributed by atoms with van der Waals surface area (Å²) in [5.74, 6) is -1.34. The Balaban J connectivity index is 1.93. The third-order valence-corrected chi connectivity index (χ3v) is 6.03. The normalized spacial score (nSPS) is 18.6. The van der Waals surface area contributed by atoms with Crippen molar-refractivity contribution in [2.45, 2.75) is 71.3 Å². The van der Waals surface area contributed by atoms with Crippen molar-refractivity contribution in [2.24, 2.45) is 0 Å². The van der Waals surface area contributed by atoms with Crippen LogP contribution in [0.5, 0.6) is 0 Å². The van der Waals surface area contributed by atoms with Crippen LogP contribution in [0.4, 0.5) is 18.4 Å². The molecule has 1 aromatic carbocycles. The number of alkyl halides is 1. The van der Waals surface area contributed by atoms with Crippen LogP contribution < -0.4 is 0 Å². The van der Waals surface area contributed by atoms with Crippen LogP contribution in [0.3, 0.4) is 0 Å². The molecular formula is C28H33F2N3O4. The van der Waals surface area contributed by atoms with Crippen LogP contribution in [0.2, 0.25) is 0 Å². The zero-order valence-corrected chi connectivity index (χ0v) is 22.0. The molecule has 198 valence electrons. The van der Waals surface area contributed by atoms with E-state index in [1.807, 2.05) is 0 Å². The molecule has 7 nitrogen and oxygen atoms in total. The minimum Gasteiger partial charge on any atom is -0.444 e. The van der Waals surface area contributed by atoms with Crippen molar-refractivity contribution < 1.29 is 27.8 Å². The molecule has 3 heterocycles. The minimum absolute atomic E-state index is 0.0359. The Morgan fingerprint density at radius 1 is 1.03 bits per heavy atom. The van der Waals surface area contributed by atoms with E-state index in [2.05, 4.69) is 4.98 Å². The first-order chi connectivity index (χ1) is 17.2. The van der Waals surface area contributed by atoms with Gasteiger partial charge >= 0.3 is 12.2 Å². The van der Waals surface area contributed by atoms with Gasteiger partial charge in [0.05, 0.1) is 11.2 Å². The van der Waals surface area contributed by atoms with Gasteiger partial charge in [0.15, 0.2) is 0 Å². The Kier molecular flexibility index (Phi) is 7.01. The minimum atomic E-state index is -1.31. The number of amides is 1. The second-order valence-corrected chi connectivity index (χ2v) is 11.3. The van der Waals surface area contributed by atoms with Crippen molar-refractivity contribution in [3.63, 3.8) is 0 Å². The highest BCUT2D eigenvalue weighted by atomic mass is 19.1. The van der Waals surface area contributed by atoms with Gasteiger partial charge in [-0.25, -0.2) is 22.9 Å². The number of hydrogen-bond donors (Lipinski definition) is 0. The highest BCUT2D eigenvalue weighted by Gasteiger charge is 2.39. The summed E-state index contributed by atoms with van der Waals surface area (Å²) in [6.45, 7) is 10.8. The van der Waals surface area contributed by atoms with Gasteiger partial charge in [-0.1, -0.05) is 0 Å². The van der Waals surface area contributed by atoms with E-state index < -0.39 is 41.3 Å². The molecule has 0 spiro atoms. The first kappa shape index (κ1) is 26.6. The number of ether oxygens (including phenoxy) is 2. The maximum atomic E-state index is 15.7. The number of halogens is 2. The lowest BCUT2D eigenvalue weighted by Crippen LogP contribution is -2.45. The number of nitrogens with zero attached hydrogens (tertiary/aromatic N) is 3. The molecule has 0 radical (unpaired) electrons. The van der Waals surface area contributed by atoms with Crippen molar-refractivity contribution in [3.05, 3.63) is 54.1 Å². The Morgan fingerprint density at radius 2 is 1.70 bits per heavy atom. The third kappa shape index (κ3) is 5.76. The molecule has 4 rings (SSSR count). The van der Waals surface area contributed by atoms with Crippen LogP contribution in [0.15, 0.2) is 42.7 Å². The molecule has 1 aliphatic heterocycles. The van der Waals surface area contributed by atoms with Crippen LogP contribution in [0.25, 0.3) is 22.2 Å². The summed E-state index contributed by atoms with van der Waals surface area (Å²) in [7, 11) is 0. The van der Waals surface area contributed by atoms with Gasteiger partial charge in [0.1, 0.15) is 23.2 Å². The van der Waals surface area contributed by atoms with E-state index >= 15 is 4.39 Å². The number of likely N-dealkylation sites (tertiary alicyclic amines) is 1. The molecule has 9 heteroatoms. The number of pyridine rings is 1. The van der Waals surface area contributed by atoms with E-state index in [0.717, 1.165) is 0 Å². The average Bonchev–Trinajstić information content (AvgIpc) is 3.12. The predicted octanol–water partition coefficient (Wildman–Crippen LogP) is 6.69. The lowest BCUT2D eigenvalue weighted by molar-refractivity contribution is 0.0135. The number of rotatable bonds is 2. The molecule has 2 atom stereocenters. The monoisotopic (exact) mass is 513 g/mol. The van der Waals surface area contributed by atoms with Gasteiger partial charge in [0.25, 0.3) is 0 Å². The van der Waals surface area contributed by atoms with Crippen molar-refractivity contribution >= 4 is 23.1 Å². The fraction of sp³-hybridized carbons (Fsp3) is 0.464. The number of fused-ring (bicyclic) bond motifs is 1. The van der Waals surface area contributed by atoms with Gasteiger partial charge in [-0.2, -0.15) is 0 Å². The number of hydrogen-bond acceptors (Lipinski definition) is 5. The number of carbonyl (C=O) groups excluding carboxylic acids is 2. The van der Waals surface area contributed by atoms with Gasteiger partial charge in [-0.05, 0) is 83.9 Å². The summed E-state index contributed by atoms with van der Waals surface area (Å²) in [5.41, 5.74) is 0.126. The number of benzene rings is 1. The van der Waals surface area contributed by atoms with Crippen molar-refractivity contribution in [3.8, 4) is 11.3 Å². The first-order valence-corrected chi connectivity index (χ1v) is 12.3. The van der Waals surface area contributed by atoms with Crippen LogP contribution in [-0.2, 0) is 9.47 Å². The first-order valence-electron chi connectivity index (χ1n) is 12.3. The highest BCUT2D eigenvalue weighted by Crippen LogP contribution is 2.43. The number of carbonyl (C=O) groups is 2. The van der Waals surface area contributed by atoms with Crippen molar-refractivity contribution in [2.75, 3.05) is 13.1 Å². The molecule has 0 bridgehead atoms. The van der Waals surface area contributed by atoms with Crippen LogP contribution in [-0.4, -0.2) is 57.1 Å². The molecule has 0 N–H and O–H groups in total. The quantitative estimate of drug-likeness (QED) is 0.382. The van der Waals surface area contributed by atoms with Crippen molar-refractivity contribution in [1.82, 2.24) is 14.5 Å². The van der Waals surface area contributed by atoms with Gasteiger partial charge in [0, 0.05) is 42.4 Å². The summed E-state index contributed by atoms with van der Waals surface area (Å²) in [5, 5.41) is 0.504. The van der Waals surface area contributed by atoms with E-state index in [-0.39, 0.29) is 25.0 Å². The second-order valence-electron chi connectivity index (χ2n) is 11.3. The Hall–Kier alpha value is -3.49. The Morgan fingerprint density at radius 3 is 2.32 bits per heavy atom. The molecule has 0 unspecified atom stereocenters. The number of piperidine rings is 1. The topological polar surface area (TPSA) is 73.7 Å². The molecule has 0 aliphatic carbocycles. The Bertz CT molecular complexity index is 1310. The predicted molar refractivity (Wildman–Crippen MR) is 137 cm³/mol. The summed E-state index contributed by atoms with van der Waals surface area (Å²) in [6.07, 6.45) is 0.689. The van der Waals surface area contributed by atoms with Gasteiger partial charge < -0.3 is 14.4 Å². The standard InChI is InChI=1S/C28H33F2N3O4/c1-27(2,3)36-25(34)32-13-11-21(30)20(16-32)23-19-10-9-18(29)14-22(19)33(26(35)37-28(4,5)6)24(23)17-8-7-12-31-15-17/h7-10,12,14-15,20-21H,11,13,16H2,1-6H3/t20-,21-/m1/s1. The zero-order valence-electron chi connectivity index (χ0n) is 22.0. The highest BCUT2D eigenvalue weighted by molar-refractivity contribution is 6.00. The fourth-order valence-corrected chi connectivity index (χ4v) is 4.63. The lowest BCUT2D eigenvalue weighted by atomic mass is 9.86. The summed E-state index contributed by atoms with van der Waals surface area (Å²) >= 11 is 0. The van der Waals surface area contributed by atoms with E-state index in [4.69, 9.17) is 9.47 Å². The lowest BCUT2D eigenvalue weighted by Gasteiger charge is -2.36. The molecule has 3 aromatic rings. The molecule has 0 saturated carbocycles. The van der Waals surface area contributed by atoms with Crippen LogP contribution >= 0.6 is 0 Å². The summed E-state index contributed by atoms with van der Waals surface area (Å²) < 4.78 is 42.7. The molecule has 1 amide bonds. The molecule has 1 saturated heterocycles. The maximum absolute atomic E-state index is 15.7. The Labute approximate surface area is 215 Å². The SMILES string of the molecule is CC(C)(C)OC(=O)N1CC[C@@H](F)[C@H](c2c(-c3cccnc3)n(C(=O)OC(C)(C)C)c3cc(F)ccc23)C1. The third-order valence-electron chi connectivity index (χ3n) is 6.03. The van der Waals surface area contributed by atoms with Gasteiger partial charge in [-0.3, -0.25) is 4.98 Å². The smallest absolute Gasteiger partial charge is 0.419 e. The fourth-order valence-electron chi connectivity index (χ4n) is 4.63. The molecule has 1 aliphatic rings. The summed E-state index contributed by atoms with van der Waals surface area (Å²) in [4.78, 5) is 32.1. The molecule has 2 aromatic heterocycles. The van der Waals surface area contributed by atoms with Crippen LogP contribution in [0, 0.1) is 5.82 Å². The largest absolute Gasteiger partial charge is 0.444 e. The van der Waals surface area contributed by atoms with Gasteiger partial charge in [-0.15, -0.1) is 0 Å². The molecule has 1 fully saturated rings. The van der Waals surface area contributed by atoms with E-state index in [1.54, 1.807) is 72.1 Å². The molecule has 37 heavy (non-hydrogen) atoms. The van der Waals surface area contributed by atoms with Crippen LogP contribution in [0.1, 0.15) is 59.4 Å². The zero-order chi connectivity index (χ0) is 27.1. The average molecular weight is 514 g/mol.